The number of benzene rings is 6. The van der Waals surface area contributed by atoms with Gasteiger partial charge in [-0.15, -0.1) is 0 Å². The summed E-state index contributed by atoms with van der Waals surface area (Å²) in [7, 11) is 0. The van der Waals surface area contributed by atoms with Crippen LogP contribution >= 0.6 is 0 Å². The molecule has 0 unspecified atom stereocenters. The van der Waals surface area contributed by atoms with Crippen LogP contribution in [0.2, 0.25) is 0 Å². The molecule has 0 saturated carbocycles. The summed E-state index contributed by atoms with van der Waals surface area (Å²) in [5.41, 5.74) is 8.57. The fourth-order valence-electron chi connectivity index (χ4n) is 5.08. The van der Waals surface area contributed by atoms with Crippen LogP contribution < -0.4 is 5.32 Å². The van der Waals surface area contributed by atoms with Gasteiger partial charge in [-0.05, 0) is 51.4 Å². The van der Waals surface area contributed by atoms with Gasteiger partial charge in [0.05, 0.1) is 0 Å². The Kier molecular flexibility index (Phi) is 6.04. The van der Waals surface area contributed by atoms with Gasteiger partial charge in [0.1, 0.15) is 0 Å². The van der Waals surface area contributed by atoms with Crippen LogP contribution in [0.25, 0.3) is 21.9 Å². The van der Waals surface area contributed by atoms with Crippen LogP contribution in [0.1, 0.15) is 22.6 Å². The van der Waals surface area contributed by atoms with Gasteiger partial charge >= 0.3 is 0 Å². The molecule has 1 heteroatoms. The molecule has 1 N–H and O–H groups in total. The fourth-order valence-corrected chi connectivity index (χ4v) is 5.08. The summed E-state index contributed by atoms with van der Waals surface area (Å²) < 4.78 is 0. The summed E-state index contributed by atoms with van der Waals surface area (Å²) in [5.74, 6) is 0.164. The number of hydrogen-bond acceptors (Lipinski definition) is 1. The molecule has 0 bridgehead atoms. The Morgan fingerprint density at radius 2 is 1.03 bits per heavy atom. The molecule has 0 heterocycles. The van der Waals surface area contributed by atoms with E-state index < -0.39 is 0 Å². The van der Waals surface area contributed by atoms with E-state index in [4.69, 9.17) is 0 Å². The van der Waals surface area contributed by atoms with Crippen LogP contribution in [0.5, 0.6) is 0 Å². The highest BCUT2D eigenvalue weighted by atomic mass is 14.9. The van der Waals surface area contributed by atoms with Crippen LogP contribution in [0.15, 0.2) is 152 Å². The normalized spacial score (nSPS) is 11.0. The fraction of sp³-hybridized carbons (Fsp3) is 0.0286. The van der Waals surface area contributed by atoms with Crippen molar-refractivity contribution in [3.8, 4) is 11.1 Å². The van der Waals surface area contributed by atoms with Crippen molar-refractivity contribution >= 4 is 22.1 Å². The van der Waals surface area contributed by atoms with Crippen molar-refractivity contribution in [2.75, 3.05) is 5.32 Å². The van der Waals surface area contributed by atoms with Crippen LogP contribution in [-0.2, 0) is 0 Å². The SMILES string of the molecule is c1ccc(C(c2ccccc2)c2ccccc2-c2ccc(Nc3cccc4ccccc34)cc2)cc1. The van der Waals surface area contributed by atoms with Crippen LogP contribution in [0.3, 0.4) is 0 Å². The first-order valence-electron chi connectivity index (χ1n) is 12.4. The lowest BCUT2D eigenvalue weighted by Gasteiger charge is -2.22. The number of hydrogen-bond donors (Lipinski definition) is 1. The van der Waals surface area contributed by atoms with Gasteiger partial charge in [0.25, 0.3) is 0 Å². The number of rotatable bonds is 6. The first kappa shape index (κ1) is 21.9. The Morgan fingerprint density at radius 1 is 0.444 bits per heavy atom. The van der Waals surface area contributed by atoms with Gasteiger partial charge in [-0.1, -0.05) is 133 Å². The van der Waals surface area contributed by atoms with Gasteiger partial charge in [0.15, 0.2) is 0 Å². The van der Waals surface area contributed by atoms with Crippen LogP contribution in [0, 0.1) is 0 Å². The van der Waals surface area contributed by atoms with Crippen molar-refractivity contribution in [3.63, 3.8) is 0 Å². The molecule has 0 aliphatic rings. The highest BCUT2D eigenvalue weighted by Gasteiger charge is 2.20. The Morgan fingerprint density at radius 3 is 1.75 bits per heavy atom. The predicted octanol–water partition coefficient (Wildman–Crippen LogP) is 9.43. The Labute approximate surface area is 212 Å². The summed E-state index contributed by atoms with van der Waals surface area (Å²) in [6.45, 7) is 0. The molecule has 36 heavy (non-hydrogen) atoms. The van der Waals surface area contributed by atoms with Crippen molar-refractivity contribution in [2.24, 2.45) is 0 Å². The van der Waals surface area contributed by atoms with Crippen molar-refractivity contribution in [3.05, 3.63) is 168 Å². The Hall–Kier alpha value is -4.62. The largest absolute Gasteiger partial charge is 0.355 e. The molecule has 0 radical (unpaired) electrons. The van der Waals surface area contributed by atoms with Crippen molar-refractivity contribution in [1.82, 2.24) is 0 Å². The third-order valence-electron chi connectivity index (χ3n) is 6.80. The molecule has 0 atom stereocenters. The lowest BCUT2D eigenvalue weighted by atomic mass is 9.81. The average molecular weight is 462 g/mol. The molecule has 1 nitrogen and oxygen atoms in total. The minimum absolute atomic E-state index is 0.164. The van der Waals surface area contributed by atoms with Gasteiger partial charge in [-0.2, -0.15) is 0 Å². The first-order valence-corrected chi connectivity index (χ1v) is 12.4. The van der Waals surface area contributed by atoms with E-state index in [1.807, 2.05) is 0 Å². The summed E-state index contributed by atoms with van der Waals surface area (Å²) >= 11 is 0. The first-order chi connectivity index (χ1) is 17.9. The second kappa shape index (κ2) is 9.93. The van der Waals surface area contributed by atoms with Gasteiger partial charge in [0.2, 0.25) is 0 Å². The highest BCUT2D eigenvalue weighted by Crippen LogP contribution is 2.38. The highest BCUT2D eigenvalue weighted by molar-refractivity contribution is 5.95. The van der Waals surface area contributed by atoms with Crippen LogP contribution in [0.4, 0.5) is 11.4 Å². The monoisotopic (exact) mass is 461 g/mol. The minimum atomic E-state index is 0.164. The zero-order valence-electron chi connectivity index (χ0n) is 20.0. The summed E-state index contributed by atoms with van der Waals surface area (Å²) in [6.07, 6.45) is 0. The van der Waals surface area contributed by atoms with E-state index in [1.165, 1.54) is 38.6 Å². The van der Waals surface area contributed by atoms with Crippen molar-refractivity contribution < 1.29 is 0 Å². The molecular weight excluding hydrogens is 434 g/mol. The number of nitrogens with one attached hydrogen (secondary N) is 1. The van der Waals surface area contributed by atoms with Gasteiger partial charge in [-0.3, -0.25) is 0 Å². The molecule has 0 amide bonds. The van der Waals surface area contributed by atoms with Gasteiger partial charge < -0.3 is 5.32 Å². The maximum atomic E-state index is 3.61. The van der Waals surface area contributed by atoms with E-state index in [0.717, 1.165) is 11.4 Å². The Bertz CT molecular complexity index is 1540. The van der Waals surface area contributed by atoms with E-state index in [1.54, 1.807) is 0 Å². The molecule has 0 fully saturated rings. The zero-order chi connectivity index (χ0) is 24.2. The van der Waals surface area contributed by atoms with Crippen molar-refractivity contribution in [1.29, 1.82) is 0 Å². The second-order valence-electron chi connectivity index (χ2n) is 9.07. The second-order valence-corrected chi connectivity index (χ2v) is 9.07. The smallest absolute Gasteiger partial charge is 0.0463 e. The third kappa shape index (κ3) is 4.39. The van der Waals surface area contributed by atoms with E-state index in [0.29, 0.717) is 0 Å². The van der Waals surface area contributed by atoms with E-state index in [2.05, 4.69) is 157 Å². The Balaban J connectivity index is 1.37. The maximum absolute atomic E-state index is 3.61. The maximum Gasteiger partial charge on any atom is 0.0463 e. The molecule has 6 rings (SSSR count). The molecule has 6 aromatic rings. The quantitative estimate of drug-likeness (QED) is 0.244. The summed E-state index contributed by atoms with van der Waals surface area (Å²) in [4.78, 5) is 0. The molecule has 0 saturated heterocycles. The van der Waals surface area contributed by atoms with Gasteiger partial charge in [0, 0.05) is 22.7 Å². The zero-order valence-corrected chi connectivity index (χ0v) is 20.0. The molecular formula is C35H27N. The van der Waals surface area contributed by atoms with E-state index in [9.17, 15) is 0 Å². The predicted molar refractivity (Wildman–Crippen MR) is 153 cm³/mol. The lowest BCUT2D eigenvalue weighted by molar-refractivity contribution is 0.980. The van der Waals surface area contributed by atoms with Crippen LogP contribution in [-0.4, -0.2) is 0 Å². The molecule has 0 aromatic heterocycles. The minimum Gasteiger partial charge on any atom is -0.355 e. The molecule has 6 aromatic carbocycles. The molecule has 0 spiro atoms. The molecule has 0 aliphatic heterocycles. The average Bonchev–Trinajstić information content (AvgIpc) is 2.95. The topological polar surface area (TPSA) is 12.0 Å². The third-order valence-corrected chi connectivity index (χ3v) is 6.80. The van der Waals surface area contributed by atoms with Gasteiger partial charge in [-0.25, -0.2) is 0 Å². The number of anilines is 2. The summed E-state index contributed by atoms with van der Waals surface area (Å²) in [6, 6.07) is 54.0. The molecule has 172 valence electrons. The number of fused-ring (bicyclic) bond motifs is 1. The lowest BCUT2D eigenvalue weighted by Crippen LogP contribution is -2.05. The molecule has 0 aliphatic carbocycles. The summed E-state index contributed by atoms with van der Waals surface area (Å²) in [5, 5.41) is 6.08. The van der Waals surface area contributed by atoms with Crippen molar-refractivity contribution in [2.45, 2.75) is 5.92 Å². The van der Waals surface area contributed by atoms with E-state index >= 15 is 0 Å². The standard InChI is InChI=1S/C35H27N/c1-3-13-28(14-4-1)35(29-15-5-2-6-16-29)33-20-10-9-18-31(33)27-22-24-30(25-23-27)36-34-21-11-17-26-12-7-8-19-32(26)34/h1-25,35-36H. The van der Waals surface area contributed by atoms with E-state index in [-0.39, 0.29) is 5.92 Å².